The zero-order valence-corrected chi connectivity index (χ0v) is 9.09. The van der Waals surface area contributed by atoms with E-state index in [9.17, 15) is 4.57 Å². The molecule has 0 saturated heterocycles. The summed E-state index contributed by atoms with van der Waals surface area (Å²) in [7, 11) is -1.14. The lowest BCUT2D eigenvalue weighted by atomic mass is 10.6. The molecular formula is C10H6OP2. The van der Waals surface area contributed by atoms with Gasteiger partial charge in [0.25, 0.3) is 0 Å². The van der Waals surface area contributed by atoms with Gasteiger partial charge in [-0.15, -0.1) is 0 Å². The van der Waals surface area contributed by atoms with Gasteiger partial charge in [-0.3, -0.25) is 4.57 Å². The highest BCUT2D eigenvalue weighted by Crippen LogP contribution is 2.45. The molecular weight excluding hydrogens is 198 g/mol. The molecule has 0 rings (SSSR count). The molecule has 3 heteroatoms. The molecule has 0 saturated carbocycles. The fraction of sp³-hybridized carbons (Fsp3) is 0.200. The quantitative estimate of drug-likeness (QED) is 0.474. The van der Waals surface area contributed by atoms with Gasteiger partial charge in [0.15, 0.2) is 0 Å². The minimum atomic E-state index is -1.09. The van der Waals surface area contributed by atoms with Gasteiger partial charge >= 0.3 is 0 Å². The van der Waals surface area contributed by atoms with Gasteiger partial charge in [-0.2, -0.15) is 0 Å². The van der Waals surface area contributed by atoms with Crippen LogP contribution in [0.4, 0.5) is 0 Å². The third-order valence-electron chi connectivity index (χ3n) is 0.780. The molecule has 0 aliphatic heterocycles. The molecule has 0 N–H and O–H groups in total. The summed E-state index contributed by atoms with van der Waals surface area (Å²) in [5, 5.41) is 0. The van der Waals surface area contributed by atoms with Crippen LogP contribution in [0.2, 0.25) is 0 Å². The first-order chi connectivity index (χ1) is 6.35. The standard InChI is InChI=1S/C10H6OP2/c1-3-5-7-9-13(12-11)10-8-6-4-2/h1-2H3. The molecule has 0 radical (unpaired) electrons. The van der Waals surface area contributed by atoms with Crippen molar-refractivity contribution < 1.29 is 4.57 Å². The lowest BCUT2D eigenvalue weighted by Crippen LogP contribution is -1.53. The fourth-order valence-corrected chi connectivity index (χ4v) is 1.36. The first-order valence-corrected chi connectivity index (χ1v) is 6.19. The Kier molecular flexibility index (Phi) is 8.02. The molecule has 0 aromatic heterocycles. The summed E-state index contributed by atoms with van der Waals surface area (Å²) in [6.45, 7) is 3.39. The Hall–Kier alpha value is -1.23. The summed E-state index contributed by atoms with van der Waals surface area (Å²) < 4.78 is 10.5. The van der Waals surface area contributed by atoms with Gasteiger partial charge in [-0.25, -0.2) is 0 Å². The molecule has 0 aliphatic carbocycles. The Labute approximate surface area is 81.5 Å². The highest BCUT2D eigenvalue weighted by molar-refractivity contribution is 8.21. The van der Waals surface area contributed by atoms with E-state index in [1.165, 1.54) is 0 Å². The number of hydrogen-bond donors (Lipinski definition) is 0. The van der Waals surface area contributed by atoms with Crippen LogP contribution in [-0.2, 0) is 4.57 Å². The van der Waals surface area contributed by atoms with Crippen molar-refractivity contribution in [3.8, 4) is 46.8 Å². The monoisotopic (exact) mass is 204 g/mol. The molecule has 0 heterocycles. The van der Waals surface area contributed by atoms with Crippen LogP contribution in [0.3, 0.4) is 0 Å². The van der Waals surface area contributed by atoms with E-state index in [1.54, 1.807) is 13.8 Å². The van der Waals surface area contributed by atoms with Crippen molar-refractivity contribution in [3.63, 3.8) is 0 Å². The summed E-state index contributed by atoms with van der Waals surface area (Å²) in [6.07, 6.45) is 0. The van der Waals surface area contributed by atoms with E-state index in [-0.39, 0.29) is 8.15 Å². The van der Waals surface area contributed by atoms with Gasteiger partial charge in [-0.1, -0.05) is 11.8 Å². The third kappa shape index (κ3) is 7.14. The smallest absolute Gasteiger partial charge is 0.208 e. The van der Waals surface area contributed by atoms with E-state index in [0.29, 0.717) is 0 Å². The molecule has 1 nitrogen and oxygen atoms in total. The molecule has 0 aromatic carbocycles. The Morgan fingerprint density at radius 2 is 1.38 bits per heavy atom. The maximum absolute atomic E-state index is 10.5. The second kappa shape index (κ2) is 8.86. The summed E-state index contributed by atoms with van der Waals surface area (Å²) in [5.74, 6) is 15.5. The van der Waals surface area contributed by atoms with Crippen LogP contribution in [-0.4, -0.2) is 0 Å². The molecule has 0 aromatic rings. The van der Waals surface area contributed by atoms with Crippen molar-refractivity contribution in [2.75, 3.05) is 0 Å². The maximum atomic E-state index is 10.5. The van der Waals surface area contributed by atoms with Gasteiger partial charge in [0.2, 0.25) is 8.15 Å². The van der Waals surface area contributed by atoms with Crippen LogP contribution in [0.25, 0.3) is 0 Å². The molecule has 0 fully saturated rings. The average Bonchev–Trinajstić information content (AvgIpc) is 2.16. The Morgan fingerprint density at radius 3 is 1.69 bits per heavy atom. The summed E-state index contributed by atoms with van der Waals surface area (Å²) in [5.41, 5.74) is 5.41. The number of hydrogen-bond acceptors (Lipinski definition) is 1. The lowest BCUT2D eigenvalue weighted by Gasteiger charge is -1.80. The molecule has 0 unspecified atom stereocenters. The Balaban J connectivity index is 4.44. The maximum Gasteiger partial charge on any atom is 0.208 e. The first kappa shape index (κ1) is 11.8. The van der Waals surface area contributed by atoms with Gasteiger partial charge in [0.05, 0.1) is 0 Å². The molecule has 0 amide bonds. The van der Waals surface area contributed by atoms with E-state index in [1.807, 2.05) is 0 Å². The van der Waals surface area contributed by atoms with Crippen molar-refractivity contribution >= 4 is 15.8 Å². The van der Waals surface area contributed by atoms with E-state index in [0.717, 1.165) is 0 Å². The SMILES string of the molecule is CC#CC#CP(C#CC#CC)P=O. The minimum absolute atomic E-state index is 0.0469. The molecule has 0 bridgehead atoms. The highest BCUT2D eigenvalue weighted by Gasteiger charge is 1.96. The topological polar surface area (TPSA) is 17.1 Å². The van der Waals surface area contributed by atoms with Gasteiger partial charge in [0, 0.05) is 0 Å². The van der Waals surface area contributed by atoms with Crippen molar-refractivity contribution in [1.82, 2.24) is 0 Å². The molecule has 0 spiro atoms. The average molecular weight is 204 g/mol. The minimum Gasteiger partial charge on any atom is -0.268 e. The van der Waals surface area contributed by atoms with Gasteiger partial charge < -0.3 is 0 Å². The molecule has 13 heavy (non-hydrogen) atoms. The summed E-state index contributed by atoms with van der Waals surface area (Å²) in [4.78, 5) is 0. The lowest BCUT2D eigenvalue weighted by molar-refractivity contribution is 0.605. The normalized spacial score (nSPS) is 6.38. The van der Waals surface area contributed by atoms with E-state index in [4.69, 9.17) is 0 Å². The van der Waals surface area contributed by atoms with Crippen molar-refractivity contribution in [1.29, 1.82) is 0 Å². The van der Waals surface area contributed by atoms with Crippen LogP contribution in [0.1, 0.15) is 13.8 Å². The van der Waals surface area contributed by atoms with E-state index in [2.05, 4.69) is 46.8 Å². The molecule has 0 atom stereocenters. The van der Waals surface area contributed by atoms with Crippen LogP contribution in [0, 0.1) is 46.8 Å². The predicted molar refractivity (Wildman–Crippen MR) is 57.0 cm³/mol. The van der Waals surface area contributed by atoms with Gasteiger partial charge in [-0.05, 0) is 48.9 Å². The van der Waals surface area contributed by atoms with Crippen molar-refractivity contribution in [2.24, 2.45) is 0 Å². The zero-order chi connectivity index (χ0) is 9.94. The van der Waals surface area contributed by atoms with Gasteiger partial charge in [0.1, 0.15) is 7.61 Å². The largest absolute Gasteiger partial charge is 0.268 e. The fourth-order valence-electron chi connectivity index (χ4n) is 0.356. The first-order valence-electron chi connectivity index (χ1n) is 3.33. The molecule has 62 valence electrons. The second-order valence-electron chi connectivity index (χ2n) is 1.62. The van der Waals surface area contributed by atoms with Crippen LogP contribution >= 0.6 is 15.8 Å². The predicted octanol–water partition coefficient (Wildman–Crippen LogP) is 2.64. The van der Waals surface area contributed by atoms with Crippen LogP contribution in [0.15, 0.2) is 0 Å². The van der Waals surface area contributed by atoms with E-state index >= 15 is 0 Å². The Bertz CT molecular complexity index is 369. The number of rotatable bonds is 1. The third-order valence-corrected chi connectivity index (χ3v) is 2.68. The molecule has 0 aliphatic rings. The van der Waals surface area contributed by atoms with Crippen LogP contribution in [0.5, 0.6) is 0 Å². The van der Waals surface area contributed by atoms with Crippen molar-refractivity contribution in [3.05, 3.63) is 0 Å². The van der Waals surface area contributed by atoms with Crippen molar-refractivity contribution in [2.45, 2.75) is 13.8 Å². The second-order valence-corrected chi connectivity index (χ2v) is 4.54. The van der Waals surface area contributed by atoms with E-state index < -0.39 is 7.61 Å². The van der Waals surface area contributed by atoms with Crippen LogP contribution < -0.4 is 0 Å². The summed E-state index contributed by atoms with van der Waals surface area (Å²) >= 11 is 0. The zero-order valence-electron chi connectivity index (χ0n) is 7.30. The highest BCUT2D eigenvalue weighted by atomic mass is 32.0. The summed E-state index contributed by atoms with van der Waals surface area (Å²) in [6, 6.07) is 0. The Morgan fingerprint density at radius 1 is 0.923 bits per heavy atom.